The Morgan fingerprint density at radius 3 is 2.74 bits per heavy atom. The third-order valence-corrected chi connectivity index (χ3v) is 7.75. The number of fused-ring (bicyclic) bond motifs is 1. The minimum absolute atomic E-state index is 0.0713. The number of oxime groups is 1. The van der Waals surface area contributed by atoms with Crippen molar-refractivity contribution in [1.29, 1.82) is 0 Å². The first-order valence-corrected chi connectivity index (χ1v) is 14.2. The van der Waals surface area contributed by atoms with E-state index in [-0.39, 0.29) is 29.8 Å². The second kappa shape index (κ2) is 11.4. The zero-order valence-electron chi connectivity index (χ0n) is 19.3. The Hall–Kier alpha value is -3.63. The number of nitrogens with one attached hydrogen (secondary N) is 2. The highest BCUT2D eigenvalue weighted by atomic mass is 32.2. The fourth-order valence-electron chi connectivity index (χ4n) is 3.60. The van der Waals surface area contributed by atoms with Crippen LogP contribution in [0.15, 0.2) is 59.7 Å². The average molecular weight is 583 g/mol. The molecule has 0 spiro atoms. The molecule has 1 saturated heterocycles. The van der Waals surface area contributed by atoms with Crippen molar-refractivity contribution >= 4 is 59.7 Å². The van der Waals surface area contributed by atoms with Crippen LogP contribution in [0.25, 0.3) is 0 Å². The van der Waals surface area contributed by atoms with Gasteiger partial charge in [0, 0.05) is 35.0 Å². The molecule has 4 rings (SSSR count). The first kappa shape index (κ1) is 27.4. The lowest BCUT2D eigenvalue weighted by atomic mass is 10.0. The Morgan fingerprint density at radius 1 is 1.34 bits per heavy atom. The highest BCUT2D eigenvalue weighted by Gasteiger charge is 2.54. The standard InChI is InChI=1S/C20H20N7O8PS2/c1-2-8-35-23-12(15-22-20(38-25-15)24-36(32,33)34)16(28)21-13-17(29)27-14(19(30)31)11(10-37-18(13)27)9-26-6-4-3-5-7-26/h2-7,13,18H,1,8-10H2,(H4-,21,22,24,25,28,30,31,32,33,34)/p+1/t13?,18-/m0/s1. The molecular formula is C20H21N7O8PS2+. The Bertz CT molecular complexity index is 1380. The molecule has 1 fully saturated rings. The van der Waals surface area contributed by atoms with E-state index >= 15 is 0 Å². The van der Waals surface area contributed by atoms with Crippen molar-refractivity contribution in [2.45, 2.75) is 18.0 Å². The summed E-state index contributed by atoms with van der Waals surface area (Å²) < 4.78 is 16.8. The zero-order valence-corrected chi connectivity index (χ0v) is 21.9. The number of amides is 2. The van der Waals surface area contributed by atoms with Crippen LogP contribution in [0.5, 0.6) is 0 Å². The van der Waals surface area contributed by atoms with Gasteiger partial charge in [-0.1, -0.05) is 23.9 Å². The number of β-lactam (4-membered cyclic amide) rings is 1. The Balaban J connectivity index is 1.53. The van der Waals surface area contributed by atoms with Gasteiger partial charge in [-0.3, -0.25) is 19.6 Å². The molecule has 4 heterocycles. The molecular weight excluding hydrogens is 561 g/mol. The number of aliphatic carboxylic acids is 1. The average Bonchev–Trinajstić information content (AvgIpc) is 3.31. The van der Waals surface area contributed by atoms with E-state index in [1.54, 1.807) is 29.1 Å². The van der Waals surface area contributed by atoms with Gasteiger partial charge in [-0.2, -0.15) is 9.36 Å². The van der Waals surface area contributed by atoms with Gasteiger partial charge in [0.2, 0.25) is 16.7 Å². The third kappa shape index (κ3) is 6.08. The monoisotopic (exact) mass is 582 g/mol. The number of carboxylic acids is 1. The van der Waals surface area contributed by atoms with Crippen LogP contribution in [0.4, 0.5) is 5.13 Å². The first-order chi connectivity index (χ1) is 18.1. The van der Waals surface area contributed by atoms with Crippen LogP contribution in [0, 0.1) is 0 Å². The second-order valence-corrected chi connectivity index (χ2v) is 10.9. The number of carbonyl (C=O) groups is 3. The molecule has 2 aromatic rings. The molecule has 0 aromatic carbocycles. The lowest BCUT2D eigenvalue weighted by Gasteiger charge is -2.49. The van der Waals surface area contributed by atoms with Crippen LogP contribution in [0.1, 0.15) is 5.82 Å². The molecule has 1 unspecified atom stereocenters. The number of carbonyl (C=O) groups excluding carboxylic acids is 2. The summed E-state index contributed by atoms with van der Waals surface area (Å²) in [4.78, 5) is 66.3. The summed E-state index contributed by atoms with van der Waals surface area (Å²) in [6, 6.07) is 4.38. The second-order valence-electron chi connectivity index (χ2n) is 7.77. The van der Waals surface area contributed by atoms with Crippen molar-refractivity contribution in [3.63, 3.8) is 0 Å². The van der Waals surface area contributed by atoms with Crippen molar-refractivity contribution in [2.24, 2.45) is 5.16 Å². The van der Waals surface area contributed by atoms with Crippen molar-refractivity contribution < 1.29 is 43.2 Å². The zero-order chi connectivity index (χ0) is 27.4. The fourth-order valence-corrected chi connectivity index (χ4v) is 6.18. The number of hydrogen-bond donors (Lipinski definition) is 5. The Labute approximate surface area is 223 Å². The van der Waals surface area contributed by atoms with Crippen molar-refractivity contribution in [1.82, 2.24) is 19.6 Å². The highest BCUT2D eigenvalue weighted by Crippen LogP contribution is 2.40. The van der Waals surface area contributed by atoms with E-state index in [4.69, 9.17) is 14.6 Å². The summed E-state index contributed by atoms with van der Waals surface area (Å²) in [5.41, 5.74) is -0.0351. The van der Waals surface area contributed by atoms with Gasteiger partial charge in [-0.25, -0.2) is 13.9 Å². The van der Waals surface area contributed by atoms with Gasteiger partial charge in [0.05, 0.1) is 0 Å². The molecule has 0 radical (unpaired) electrons. The molecule has 2 atom stereocenters. The molecule has 0 aliphatic carbocycles. The molecule has 2 aliphatic heterocycles. The smallest absolute Gasteiger partial charge is 0.429 e. The Morgan fingerprint density at radius 2 is 2.08 bits per heavy atom. The maximum absolute atomic E-state index is 13.1. The van der Waals surface area contributed by atoms with Crippen LogP contribution in [-0.4, -0.2) is 76.4 Å². The molecule has 2 amide bonds. The normalized spacial score (nSPS) is 19.4. The van der Waals surface area contributed by atoms with Gasteiger partial charge in [-0.15, -0.1) is 11.8 Å². The van der Waals surface area contributed by atoms with Gasteiger partial charge in [0.15, 0.2) is 18.9 Å². The van der Waals surface area contributed by atoms with Crippen LogP contribution < -0.4 is 15.0 Å². The molecule has 18 heteroatoms. The fraction of sp³-hybridized carbons (Fsp3) is 0.250. The predicted molar refractivity (Wildman–Crippen MR) is 135 cm³/mol. The highest BCUT2D eigenvalue weighted by molar-refractivity contribution is 8.00. The van der Waals surface area contributed by atoms with Crippen molar-refractivity contribution in [3.05, 3.63) is 60.3 Å². The van der Waals surface area contributed by atoms with Gasteiger partial charge in [0.25, 0.3) is 11.8 Å². The number of carboxylic acid groups (broad SMARTS) is 1. The number of aromatic nitrogens is 3. The molecule has 200 valence electrons. The topological polar surface area (TPSA) is 208 Å². The molecule has 0 bridgehead atoms. The summed E-state index contributed by atoms with van der Waals surface area (Å²) in [5, 5.41) is 17.0. The third-order valence-electron chi connectivity index (χ3n) is 5.13. The lowest BCUT2D eigenvalue weighted by molar-refractivity contribution is -0.689. The minimum Gasteiger partial charge on any atom is -0.477 e. The summed E-state index contributed by atoms with van der Waals surface area (Å²) >= 11 is 1.87. The van der Waals surface area contributed by atoms with E-state index in [1.165, 1.54) is 17.8 Å². The molecule has 5 N–H and O–H groups in total. The predicted octanol–water partition coefficient (Wildman–Crippen LogP) is -0.324. The van der Waals surface area contributed by atoms with Crippen LogP contribution in [0.2, 0.25) is 0 Å². The van der Waals surface area contributed by atoms with E-state index in [9.17, 15) is 24.1 Å². The van der Waals surface area contributed by atoms with Crippen LogP contribution >= 0.6 is 31.0 Å². The van der Waals surface area contributed by atoms with E-state index in [0.717, 1.165) is 4.90 Å². The largest absolute Gasteiger partial charge is 0.477 e. The number of thioether (sulfide) groups is 1. The molecule has 0 saturated carbocycles. The lowest BCUT2D eigenvalue weighted by Crippen LogP contribution is -2.71. The van der Waals surface area contributed by atoms with Gasteiger partial charge in [-0.05, 0) is 0 Å². The minimum atomic E-state index is -4.67. The number of nitrogens with zero attached hydrogens (tertiary/aromatic N) is 5. The maximum atomic E-state index is 13.1. The Kier molecular flexibility index (Phi) is 8.23. The summed E-state index contributed by atoms with van der Waals surface area (Å²) in [5.74, 6) is -2.76. The van der Waals surface area contributed by atoms with Gasteiger partial charge >= 0.3 is 13.7 Å². The van der Waals surface area contributed by atoms with Crippen LogP contribution in [-0.2, 0) is 30.3 Å². The van der Waals surface area contributed by atoms with E-state index < -0.39 is 42.7 Å². The molecule has 15 nitrogen and oxygen atoms in total. The van der Waals surface area contributed by atoms with Crippen molar-refractivity contribution in [2.75, 3.05) is 17.4 Å². The number of hydrogen-bond acceptors (Lipinski definition) is 10. The summed E-state index contributed by atoms with van der Waals surface area (Å²) in [6.45, 7) is 3.68. The van der Waals surface area contributed by atoms with Gasteiger partial charge < -0.3 is 25.0 Å². The van der Waals surface area contributed by atoms with E-state index in [1.807, 2.05) is 11.2 Å². The van der Waals surface area contributed by atoms with E-state index in [0.29, 0.717) is 22.9 Å². The molecule has 38 heavy (non-hydrogen) atoms. The quantitative estimate of drug-likeness (QED) is 0.0439. The SMILES string of the molecule is C=CCON=C(C(=O)NC1C(=O)N2C(C(=O)O)=C(C[n+]3ccccc3)CS[C@@H]12)c1nsc(NP(=O)(O)O)n1. The molecule has 2 aromatic heterocycles. The number of anilines is 1. The summed E-state index contributed by atoms with van der Waals surface area (Å²) in [7, 11) is -4.67. The van der Waals surface area contributed by atoms with Crippen LogP contribution in [0.3, 0.4) is 0 Å². The number of pyridine rings is 1. The first-order valence-electron chi connectivity index (χ1n) is 10.7. The molecule has 2 aliphatic rings. The maximum Gasteiger partial charge on any atom is 0.429 e. The number of rotatable bonds is 11. The summed E-state index contributed by atoms with van der Waals surface area (Å²) in [6.07, 6.45) is 4.94. The van der Waals surface area contributed by atoms with Gasteiger partial charge in [0.1, 0.15) is 23.7 Å². The van der Waals surface area contributed by atoms with E-state index in [2.05, 4.69) is 26.4 Å². The van der Waals surface area contributed by atoms with Crippen molar-refractivity contribution in [3.8, 4) is 0 Å².